The molecule has 0 saturated heterocycles. The zero-order valence-corrected chi connectivity index (χ0v) is 12.1. The number of nitrogens with zero attached hydrogens (tertiary/aromatic N) is 2. The minimum absolute atomic E-state index is 0.250. The molecule has 1 unspecified atom stereocenters. The predicted molar refractivity (Wildman–Crippen MR) is 71.9 cm³/mol. The van der Waals surface area contributed by atoms with Gasteiger partial charge in [0, 0.05) is 18.0 Å². The fourth-order valence-corrected chi connectivity index (χ4v) is 4.49. The normalized spacial score (nSPS) is 18.6. The SMILES string of the molecule is NC(=O)N=S(N)(=O)c1cc2c(s1)CCN(CC(F)F)C2. The van der Waals surface area contributed by atoms with E-state index in [0.29, 0.717) is 19.5 Å². The molecule has 0 radical (unpaired) electrons. The van der Waals surface area contributed by atoms with Gasteiger partial charge in [0.2, 0.25) is 0 Å². The van der Waals surface area contributed by atoms with Crippen molar-refractivity contribution in [2.45, 2.75) is 23.6 Å². The molecule has 1 atom stereocenters. The smallest absolute Gasteiger partial charge is 0.347 e. The molecule has 0 spiro atoms. The van der Waals surface area contributed by atoms with E-state index in [1.54, 1.807) is 11.0 Å². The van der Waals surface area contributed by atoms with Crippen LogP contribution in [-0.2, 0) is 22.9 Å². The molecule has 112 valence electrons. The lowest BCUT2D eigenvalue weighted by Gasteiger charge is -2.25. The highest BCUT2D eigenvalue weighted by molar-refractivity contribution is 7.93. The third kappa shape index (κ3) is 3.51. The number of halogens is 2. The van der Waals surface area contributed by atoms with Gasteiger partial charge in [0.15, 0.2) is 9.92 Å². The van der Waals surface area contributed by atoms with Crippen molar-refractivity contribution in [3.63, 3.8) is 0 Å². The van der Waals surface area contributed by atoms with Crippen molar-refractivity contribution in [2.24, 2.45) is 15.2 Å². The molecule has 0 saturated carbocycles. The van der Waals surface area contributed by atoms with E-state index in [9.17, 15) is 17.8 Å². The Hall–Kier alpha value is -1.10. The van der Waals surface area contributed by atoms with Gasteiger partial charge in [-0.15, -0.1) is 15.7 Å². The van der Waals surface area contributed by atoms with Crippen LogP contribution in [-0.4, -0.2) is 34.7 Å². The number of amides is 2. The number of alkyl halides is 2. The van der Waals surface area contributed by atoms with E-state index in [1.165, 1.54) is 11.3 Å². The average Bonchev–Trinajstić information content (AvgIpc) is 2.70. The van der Waals surface area contributed by atoms with Gasteiger partial charge in [0.1, 0.15) is 4.21 Å². The molecule has 2 rings (SSSR count). The maximum atomic E-state index is 12.4. The van der Waals surface area contributed by atoms with Crippen LogP contribution in [0.15, 0.2) is 14.6 Å². The first-order valence-electron chi connectivity index (χ1n) is 5.74. The summed E-state index contributed by atoms with van der Waals surface area (Å²) >= 11 is 1.19. The van der Waals surface area contributed by atoms with Gasteiger partial charge >= 0.3 is 6.03 Å². The lowest BCUT2D eigenvalue weighted by atomic mass is 10.1. The first-order chi connectivity index (χ1) is 9.28. The highest BCUT2D eigenvalue weighted by Crippen LogP contribution is 2.31. The molecule has 10 heteroatoms. The number of thiophene rings is 1. The van der Waals surface area contributed by atoms with Crippen molar-refractivity contribution in [2.75, 3.05) is 13.1 Å². The summed E-state index contributed by atoms with van der Waals surface area (Å²) < 4.78 is 40.2. The minimum atomic E-state index is -3.34. The van der Waals surface area contributed by atoms with Crippen LogP contribution in [0.25, 0.3) is 0 Å². The summed E-state index contributed by atoms with van der Waals surface area (Å²) in [6.45, 7) is 0.562. The van der Waals surface area contributed by atoms with Crippen LogP contribution in [0.3, 0.4) is 0 Å². The van der Waals surface area contributed by atoms with Crippen molar-refractivity contribution in [1.82, 2.24) is 4.90 Å². The molecule has 0 aromatic carbocycles. The first kappa shape index (κ1) is 15.3. The Morgan fingerprint density at radius 2 is 2.30 bits per heavy atom. The summed E-state index contributed by atoms with van der Waals surface area (Å²) in [5, 5.41) is 5.50. The molecule has 1 aliphatic heterocycles. The number of fused-ring (bicyclic) bond motifs is 1. The second-order valence-electron chi connectivity index (χ2n) is 4.39. The molecule has 0 aliphatic carbocycles. The van der Waals surface area contributed by atoms with Crippen molar-refractivity contribution < 1.29 is 17.8 Å². The van der Waals surface area contributed by atoms with Crippen molar-refractivity contribution >= 4 is 27.3 Å². The first-order valence-corrected chi connectivity index (χ1v) is 8.14. The van der Waals surface area contributed by atoms with Gasteiger partial charge in [0.05, 0.1) is 6.54 Å². The molecule has 1 aliphatic rings. The Morgan fingerprint density at radius 1 is 1.60 bits per heavy atom. The second-order valence-corrected chi connectivity index (χ2v) is 7.54. The van der Waals surface area contributed by atoms with Gasteiger partial charge in [-0.25, -0.2) is 22.9 Å². The minimum Gasteiger partial charge on any atom is -0.349 e. The Morgan fingerprint density at radius 3 is 2.90 bits per heavy atom. The Bertz CT molecular complexity index is 637. The fourth-order valence-electron chi connectivity index (χ4n) is 2.04. The monoisotopic (exact) mass is 324 g/mol. The molecule has 1 aromatic rings. The van der Waals surface area contributed by atoms with Gasteiger partial charge in [0.25, 0.3) is 6.43 Å². The van der Waals surface area contributed by atoms with E-state index in [4.69, 9.17) is 10.9 Å². The van der Waals surface area contributed by atoms with E-state index >= 15 is 0 Å². The topological polar surface area (TPSA) is 102 Å². The van der Waals surface area contributed by atoms with E-state index in [1.807, 2.05) is 0 Å². The van der Waals surface area contributed by atoms with Crippen LogP contribution in [0.2, 0.25) is 0 Å². The van der Waals surface area contributed by atoms with Gasteiger partial charge in [-0.1, -0.05) is 0 Å². The van der Waals surface area contributed by atoms with Crippen LogP contribution in [0.5, 0.6) is 0 Å². The van der Waals surface area contributed by atoms with E-state index in [2.05, 4.69) is 4.36 Å². The Labute approximate surface area is 119 Å². The zero-order chi connectivity index (χ0) is 14.9. The lowest BCUT2D eigenvalue weighted by Crippen LogP contribution is -2.33. The quantitative estimate of drug-likeness (QED) is 0.872. The zero-order valence-electron chi connectivity index (χ0n) is 10.4. The van der Waals surface area contributed by atoms with Crippen molar-refractivity contribution in [3.05, 3.63) is 16.5 Å². The number of primary amides is 1. The van der Waals surface area contributed by atoms with Crippen LogP contribution in [0.1, 0.15) is 10.4 Å². The van der Waals surface area contributed by atoms with Gasteiger partial charge in [-0.2, -0.15) is 0 Å². The van der Waals surface area contributed by atoms with Crippen molar-refractivity contribution in [1.29, 1.82) is 0 Å². The molecule has 4 N–H and O–H groups in total. The van der Waals surface area contributed by atoms with Crippen LogP contribution in [0.4, 0.5) is 13.6 Å². The molecular weight excluding hydrogens is 310 g/mol. The number of hydrogen-bond donors (Lipinski definition) is 2. The molecule has 6 nitrogen and oxygen atoms in total. The Balaban J connectivity index is 2.25. The summed E-state index contributed by atoms with van der Waals surface area (Å²) in [4.78, 5) is 13.3. The summed E-state index contributed by atoms with van der Waals surface area (Å²) in [5.74, 6) is 0. The van der Waals surface area contributed by atoms with E-state index in [-0.39, 0.29) is 10.8 Å². The van der Waals surface area contributed by atoms with Crippen molar-refractivity contribution in [3.8, 4) is 0 Å². The maximum Gasteiger partial charge on any atom is 0.347 e. The Kier molecular flexibility index (Phi) is 4.37. The summed E-state index contributed by atoms with van der Waals surface area (Å²) in [7, 11) is -3.34. The number of rotatable bonds is 3. The maximum absolute atomic E-state index is 12.4. The summed E-state index contributed by atoms with van der Waals surface area (Å²) in [6, 6.07) is 0.468. The molecule has 20 heavy (non-hydrogen) atoms. The number of carbonyl (C=O) groups excluding carboxylic acids is 1. The molecule has 0 bridgehead atoms. The van der Waals surface area contributed by atoms with E-state index < -0.39 is 22.4 Å². The molecule has 2 amide bonds. The van der Waals surface area contributed by atoms with Crippen LogP contribution in [0, 0.1) is 0 Å². The van der Waals surface area contributed by atoms with Gasteiger partial charge in [-0.05, 0) is 18.1 Å². The third-order valence-electron chi connectivity index (χ3n) is 2.83. The number of urea groups is 1. The lowest BCUT2D eigenvalue weighted by molar-refractivity contribution is 0.0824. The molecule has 1 aromatic heterocycles. The number of nitrogens with two attached hydrogens (primary N) is 2. The molecule has 2 heterocycles. The molecule has 0 fully saturated rings. The largest absolute Gasteiger partial charge is 0.349 e. The van der Waals surface area contributed by atoms with Gasteiger partial charge in [-0.3, -0.25) is 4.90 Å². The van der Waals surface area contributed by atoms with E-state index in [0.717, 1.165) is 10.4 Å². The standard InChI is InChI=1S/C10H14F2N4O2S2/c11-8(12)5-16-2-1-7-6(4-16)3-9(19-7)20(14,18)15-10(13)17/h3,8H,1-2,4-5H2,(H4,13,14,15,17,18). The van der Waals surface area contributed by atoms with Gasteiger partial charge < -0.3 is 5.73 Å². The summed E-state index contributed by atoms with van der Waals surface area (Å²) in [5.41, 5.74) is 5.66. The predicted octanol–water partition coefficient (Wildman–Crippen LogP) is 1.15. The fraction of sp³-hybridized carbons (Fsp3) is 0.500. The number of carbonyl (C=O) groups is 1. The highest BCUT2D eigenvalue weighted by Gasteiger charge is 2.23. The molecular formula is C10H14F2N4O2S2. The average molecular weight is 324 g/mol. The highest BCUT2D eigenvalue weighted by atomic mass is 32.2. The second kappa shape index (κ2) is 5.72. The van der Waals surface area contributed by atoms with Crippen LogP contribution < -0.4 is 10.9 Å². The number of hydrogen-bond acceptors (Lipinski definition) is 4. The summed E-state index contributed by atoms with van der Waals surface area (Å²) in [6.07, 6.45) is -1.81. The third-order valence-corrected chi connectivity index (χ3v) is 5.98. The van der Waals surface area contributed by atoms with Crippen LogP contribution >= 0.6 is 11.3 Å².